The monoisotopic (exact) mass is 183 g/mol. The van der Waals surface area contributed by atoms with Crippen LogP contribution in [0.2, 0.25) is 0 Å². The van der Waals surface area contributed by atoms with Crippen LogP contribution in [0.1, 0.15) is 5.56 Å². The molecular formula is C9H8KN2. The number of benzene rings is 1. The molecule has 0 unspecified atom stereocenters. The van der Waals surface area contributed by atoms with Crippen molar-refractivity contribution in [2.75, 3.05) is 5.43 Å². The first-order valence-electron chi connectivity index (χ1n) is 3.51. The van der Waals surface area contributed by atoms with Gasteiger partial charge in [-0.1, -0.05) is 24.3 Å². The second-order valence-corrected chi connectivity index (χ2v) is 2.34. The summed E-state index contributed by atoms with van der Waals surface area (Å²) in [5, 5.41) is 3.95. The summed E-state index contributed by atoms with van der Waals surface area (Å²) in [5.41, 5.74) is 5.16. The van der Waals surface area contributed by atoms with E-state index in [2.05, 4.69) is 10.5 Å². The molecule has 1 N–H and O–H groups in total. The first-order chi connectivity index (χ1) is 5.47. The van der Waals surface area contributed by atoms with Crippen LogP contribution in [-0.4, -0.2) is 57.6 Å². The Kier molecular flexibility index (Phi) is 4.18. The molecule has 0 saturated carbocycles. The molecule has 0 aromatic heterocycles. The van der Waals surface area contributed by atoms with Gasteiger partial charge in [-0.15, -0.1) is 0 Å². The van der Waals surface area contributed by atoms with E-state index in [9.17, 15) is 0 Å². The van der Waals surface area contributed by atoms with Crippen LogP contribution in [0, 0.1) is 0 Å². The van der Waals surface area contributed by atoms with Gasteiger partial charge in [0, 0.05) is 57.6 Å². The number of para-hydroxylation sites is 1. The Morgan fingerprint density at radius 3 is 2.92 bits per heavy atom. The van der Waals surface area contributed by atoms with Gasteiger partial charge in [0.05, 0.1) is 5.69 Å². The van der Waals surface area contributed by atoms with E-state index in [0.29, 0.717) is 0 Å². The molecule has 2 rings (SSSR count). The van der Waals surface area contributed by atoms with Crippen molar-refractivity contribution in [1.29, 1.82) is 0 Å². The zero-order valence-electron chi connectivity index (χ0n) is 6.99. The Balaban J connectivity index is 0.000000720. The standard InChI is InChI=1S/C9H8N2.K/c1-2-6-9-8(4-1)5-3-7-10-11-9;/h1-7,11H;. The number of nitrogens with zero attached hydrogens (tertiary/aromatic N) is 1. The molecule has 1 aliphatic heterocycles. The van der Waals surface area contributed by atoms with E-state index in [4.69, 9.17) is 0 Å². The summed E-state index contributed by atoms with van der Waals surface area (Å²) in [6, 6.07) is 8.05. The molecule has 55 valence electrons. The fourth-order valence-corrected chi connectivity index (χ4v) is 1.04. The number of rotatable bonds is 0. The Morgan fingerprint density at radius 2 is 2.00 bits per heavy atom. The molecular weight excluding hydrogens is 175 g/mol. The van der Waals surface area contributed by atoms with Crippen molar-refractivity contribution in [3.05, 3.63) is 35.9 Å². The average molecular weight is 183 g/mol. The quantitative estimate of drug-likeness (QED) is 0.609. The van der Waals surface area contributed by atoms with Crippen LogP contribution < -0.4 is 5.43 Å². The van der Waals surface area contributed by atoms with Crippen LogP contribution >= 0.6 is 0 Å². The Morgan fingerprint density at radius 1 is 1.17 bits per heavy atom. The molecule has 0 bridgehead atoms. The molecule has 0 aliphatic carbocycles. The van der Waals surface area contributed by atoms with Crippen molar-refractivity contribution >= 4 is 69.4 Å². The SMILES string of the molecule is C1=Cc2ccccc2NN=C1.[K]. The topological polar surface area (TPSA) is 24.4 Å². The van der Waals surface area contributed by atoms with Crippen LogP contribution in [-0.2, 0) is 0 Å². The van der Waals surface area contributed by atoms with E-state index in [0.717, 1.165) is 5.69 Å². The molecule has 0 amide bonds. The second kappa shape index (κ2) is 4.94. The van der Waals surface area contributed by atoms with Crippen molar-refractivity contribution in [1.82, 2.24) is 0 Å². The van der Waals surface area contributed by atoms with Gasteiger partial charge >= 0.3 is 0 Å². The van der Waals surface area contributed by atoms with Gasteiger partial charge in [-0.25, -0.2) is 0 Å². The second-order valence-electron chi connectivity index (χ2n) is 2.34. The first-order valence-corrected chi connectivity index (χ1v) is 3.51. The molecule has 12 heavy (non-hydrogen) atoms. The van der Waals surface area contributed by atoms with Crippen molar-refractivity contribution in [3.63, 3.8) is 0 Å². The van der Waals surface area contributed by atoms with Gasteiger partial charge in [-0.3, -0.25) is 5.43 Å². The molecule has 1 aromatic rings. The summed E-state index contributed by atoms with van der Waals surface area (Å²) in [6.07, 6.45) is 5.68. The van der Waals surface area contributed by atoms with Gasteiger partial charge in [0.15, 0.2) is 0 Å². The van der Waals surface area contributed by atoms with Gasteiger partial charge in [0.2, 0.25) is 0 Å². The zero-order valence-corrected chi connectivity index (χ0v) is 10.1. The van der Waals surface area contributed by atoms with Gasteiger partial charge in [0.25, 0.3) is 0 Å². The maximum atomic E-state index is 3.95. The summed E-state index contributed by atoms with van der Waals surface area (Å²) in [5.74, 6) is 0. The van der Waals surface area contributed by atoms with Crippen LogP contribution in [0.5, 0.6) is 0 Å². The summed E-state index contributed by atoms with van der Waals surface area (Å²) >= 11 is 0. The Bertz CT molecular complexity index is 318. The maximum absolute atomic E-state index is 3.95. The van der Waals surface area contributed by atoms with Crippen molar-refractivity contribution < 1.29 is 0 Å². The van der Waals surface area contributed by atoms with E-state index in [-0.39, 0.29) is 51.4 Å². The summed E-state index contributed by atoms with van der Waals surface area (Å²) in [7, 11) is 0. The summed E-state index contributed by atoms with van der Waals surface area (Å²) < 4.78 is 0. The molecule has 1 heterocycles. The Hall–Kier alpha value is 0.0664. The van der Waals surface area contributed by atoms with E-state index in [1.54, 1.807) is 6.21 Å². The number of fused-ring (bicyclic) bond motifs is 1. The third-order valence-electron chi connectivity index (χ3n) is 1.58. The number of allylic oxidation sites excluding steroid dienone is 1. The van der Waals surface area contributed by atoms with Crippen LogP contribution in [0.3, 0.4) is 0 Å². The molecule has 0 spiro atoms. The number of nitrogens with one attached hydrogen (secondary N) is 1. The molecule has 2 nitrogen and oxygen atoms in total. The van der Waals surface area contributed by atoms with Gasteiger partial charge in [0.1, 0.15) is 0 Å². The molecule has 0 fully saturated rings. The van der Waals surface area contributed by atoms with Crippen LogP contribution in [0.4, 0.5) is 5.69 Å². The fourth-order valence-electron chi connectivity index (χ4n) is 1.04. The van der Waals surface area contributed by atoms with Gasteiger partial charge in [-0.05, 0) is 17.7 Å². The number of hydrazone groups is 1. The largest absolute Gasteiger partial charge is 0.278 e. The molecule has 1 aliphatic rings. The number of hydrogen-bond donors (Lipinski definition) is 1. The van der Waals surface area contributed by atoms with Crippen LogP contribution in [0.15, 0.2) is 35.4 Å². The van der Waals surface area contributed by atoms with E-state index in [1.165, 1.54) is 5.56 Å². The molecule has 0 atom stereocenters. The predicted molar refractivity (Wildman–Crippen MR) is 53.3 cm³/mol. The smallest absolute Gasteiger partial charge is 0.0634 e. The van der Waals surface area contributed by atoms with E-state index >= 15 is 0 Å². The van der Waals surface area contributed by atoms with Crippen LogP contribution in [0.25, 0.3) is 6.08 Å². The molecule has 1 radical (unpaired) electrons. The average Bonchev–Trinajstić information content (AvgIpc) is 2.28. The third-order valence-corrected chi connectivity index (χ3v) is 1.58. The van der Waals surface area contributed by atoms with Gasteiger partial charge in [-0.2, -0.15) is 5.10 Å². The fraction of sp³-hybridized carbons (Fsp3) is 0. The van der Waals surface area contributed by atoms with E-state index in [1.807, 2.05) is 36.4 Å². The minimum Gasteiger partial charge on any atom is -0.278 e. The van der Waals surface area contributed by atoms with Crippen molar-refractivity contribution in [2.45, 2.75) is 0 Å². The molecule has 1 aromatic carbocycles. The Labute approximate surface area is 114 Å². The maximum Gasteiger partial charge on any atom is 0.0634 e. The minimum atomic E-state index is 0. The molecule has 0 saturated heterocycles. The minimum absolute atomic E-state index is 0. The zero-order chi connectivity index (χ0) is 7.52. The summed E-state index contributed by atoms with van der Waals surface area (Å²) in [6.45, 7) is 0. The van der Waals surface area contributed by atoms with Crippen molar-refractivity contribution in [2.24, 2.45) is 5.10 Å². The molecule has 3 heteroatoms. The van der Waals surface area contributed by atoms with E-state index < -0.39 is 0 Å². The third kappa shape index (κ3) is 2.28. The summed E-state index contributed by atoms with van der Waals surface area (Å²) in [4.78, 5) is 0. The van der Waals surface area contributed by atoms with Crippen molar-refractivity contribution in [3.8, 4) is 0 Å². The number of hydrogen-bond acceptors (Lipinski definition) is 2. The normalized spacial score (nSPS) is 12.3. The number of anilines is 1. The predicted octanol–water partition coefficient (Wildman–Crippen LogP) is 1.73. The first kappa shape index (κ1) is 10.1. The van der Waals surface area contributed by atoms with Gasteiger partial charge < -0.3 is 0 Å².